The number of ketones is 1. The van der Waals surface area contributed by atoms with E-state index in [1.807, 2.05) is 0 Å². The molecule has 2 aromatic rings. The van der Waals surface area contributed by atoms with E-state index in [-0.39, 0.29) is 0 Å². The number of carbonyl (C=O) groups excluding carboxylic acids is 2. The molecule has 2 aromatic carbocycles. The monoisotopic (exact) mass is 350 g/mol. The number of hydrogen-bond acceptors (Lipinski definition) is 3. The standard InChI is InChI=1S/C16H12BrFO3/c1-10(19)21-16(12-3-2-4-14(18)9-12)15(20)11-5-7-13(17)8-6-11/h2-9,16H,1H3. The van der Waals surface area contributed by atoms with Gasteiger partial charge in [-0.25, -0.2) is 4.39 Å². The van der Waals surface area contributed by atoms with E-state index < -0.39 is 23.7 Å². The summed E-state index contributed by atoms with van der Waals surface area (Å²) < 4.78 is 19.2. The summed E-state index contributed by atoms with van der Waals surface area (Å²) in [6.07, 6.45) is -1.15. The number of benzene rings is 2. The summed E-state index contributed by atoms with van der Waals surface area (Å²) in [4.78, 5) is 23.7. The normalized spacial score (nSPS) is 11.8. The third-order valence-corrected chi connectivity index (χ3v) is 3.33. The molecule has 1 atom stereocenters. The maximum atomic E-state index is 13.3. The van der Waals surface area contributed by atoms with Crippen molar-refractivity contribution in [3.8, 4) is 0 Å². The van der Waals surface area contributed by atoms with Crippen molar-refractivity contribution in [1.29, 1.82) is 0 Å². The number of Topliss-reactive ketones (excluding diaryl/α,β-unsaturated/α-hetero) is 1. The molecule has 21 heavy (non-hydrogen) atoms. The van der Waals surface area contributed by atoms with Crippen LogP contribution in [0.1, 0.15) is 28.9 Å². The summed E-state index contributed by atoms with van der Waals surface area (Å²) >= 11 is 3.28. The highest BCUT2D eigenvalue weighted by atomic mass is 79.9. The molecule has 2 rings (SSSR count). The zero-order valence-electron chi connectivity index (χ0n) is 11.2. The number of ether oxygens (including phenoxy) is 1. The second kappa shape index (κ2) is 6.63. The van der Waals surface area contributed by atoms with E-state index in [0.717, 1.165) is 4.47 Å². The minimum Gasteiger partial charge on any atom is -0.449 e. The van der Waals surface area contributed by atoms with Crippen molar-refractivity contribution >= 4 is 27.7 Å². The molecule has 0 amide bonds. The van der Waals surface area contributed by atoms with Crippen molar-refractivity contribution in [1.82, 2.24) is 0 Å². The zero-order chi connectivity index (χ0) is 15.4. The van der Waals surface area contributed by atoms with Crippen LogP contribution in [0.2, 0.25) is 0 Å². The van der Waals surface area contributed by atoms with Crippen molar-refractivity contribution < 1.29 is 18.7 Å². The van der Waals surface area contributed by atoms with Crippen molar-refractivity contribution in [3.63, 3.8) is 0 Å². The Hall–Kier alpha value is -2.01. The van der Waals surface area contributed by atoms with Gasteiger partial charge in [-0.3, -0.25) is 9.59 Å². The second-order valence-corrected chi connectivity index (χ2v) is 5.33. The highest BCUT2D eigenvalue weighted by Gasteiger charge is 2.25. The molecule has 0 heterocycles. The number of hydrogen-bond donors (Lipinski definition) is 0. The summed E-state index contributed by atoms with van der Waals surface area (Å²) in [5.74, 6) is -1.49. The number of carbonyl (C=O) groups is 2. The fourth-order valence-electron chi connectivity index (χ4n) is 1.87. The predicted molar refractivity (Wildman–Crippen MR) is 79.4 cm³/mol. The Balaban J connectivity index is 2.38. The lowest BCUT2D eigenvalue weighted by Gasteiger charge is -2.16. The first-order valence-corrected chi connectivity index (χ1v) is 6.99. The van der Waals surface area contributed by atoms with Crippen molar-refractivity contribution in [2.75, 3.05) is 0 Å². The van der Waals surface area contributed by atoms with Gasteiger partial charge in [-0.2, -0.15) is 0 Å². The van der Waals surface area contributed by atoms with Gasteiger partial charge in [0.1, 0.15) is 5.82 Å². The summed E-state index contributed by atoms with van der Waals surface area (Å²) in [6, 6.07) is 12.1. The van der Waals surface area contributed by atoms with E-state index in [1.54, 1.807) is 30.3 Å². The molecule has 0 radical (unpaired) electrons. The van der Waals surface area contributed by atoms with Crippen LogP contribution in [0.4, 0.5) is 4.39 Å². The lowest BCUT2D eigenvalue weighted by molar-refractivity contribution is -0.144. The van der Waals surface area contributed by atoms with Gasteiger partial charge in [-0.05, 0) is 24.3 Å². The van der Waals surface area contributed by atoms with Gasteiger partial charge in [0.05, 0.1) is 0 Å². The average molecular weight is 351 g/mol. The fourth-order valence-corrected chi connectivity index (χ4v) is 2.14. The molecule has 0 saturated heterocycles. The van der Waals surface area contributed by atoms with Crippen LogP contribution in [0.15, 0.2) is 53.0 Å². The first kappa shape index (κ1) is 15.4. The summed E-state index contributed by atoms with van der Waals surface area (Å²) in [5, 5.41) is 0. The maximum absolute atomic E-state index is 13.3. The third kappa shape index (κ3) is 3.98. The number of esters is 1. The Morgan fingerprint density at radius 2 is 1.81 bits per heavy atom. The fraction of sp³-hybridized carbons (Fsp3) is 0.125. The Bertz CT molecular complexity index is 667. The van der Waals surface area contributed by atoms with E-state index in [1.165, 1.54) is 25.1 Å². The van der Waals surface area contributed by atoms with Crippen LogP contribution in [0.3, 0.4) is 0 Å². The molecule has 1 unspecified atom stereocenters. The molecule has 0 fully saturated rings. The molecule has 5 heteroatoms. The molecular formula is C16H12BrFO3. The molecule has 0 spiro atoms. The van der Waals surface area contributed by atoms with Crippen LogP contribution in [0.5, 0.6) is 0 Å². The minimum atomic E-state index is -1.15. The van der Waals surface area contributed by atoms with Crippen molar-refractivity contribution in [2.24, 2.45) is 0 Å². The average Bonchev–Trinajstić information content (AvgIpc) is 2.44. The summed E-state index contributed by atoms with van der Waals surface area (Å²) in [7, 11) is 0. The van der Waals surface area contributed by atoms with E-state index >= 15 is 0 Å². The van der Waals surface area contributed by atoms with Gasteiger partial charge in [0, 0.05) is 22.5 Å². The van der Waals surface area contributed by atoms with E-state index in [4.69, 9.17) is 4.74 Å². The molecule has 0 aliphatic carbocycles. The second-order valence-electron chi connectivity index (χ2n) is 4.42. The zero-order valence-corrected chi connectivity index (χ0v) is 12.8. The Morgan fingerprint density at radius 3 is 2.38 bits per heavy atom. The first-order chi connectivity index (χ1) is 9.97. The van der Waals surface area contributed by atoms with E-state index in [9.17, 15) is 14.0 Å². The first-order valence-electron chi connectivity index (χ1n) is 6.20. The van der Waals surface area contributed by atoms with Crippen LogP contribution >= 0.6 is 15.9 Å². The molecule has 0 N–H and O–H groups in total. The van der Waals surface area contributed by atoms with Crippen LogP contribution < -0.4 is 0 Å². The number of halogens is 2. The van der Waals surface area contributed by atoms with Gasteiger partial charge in [0.25, 0.3) is 0 Å². The van der Waals surface area contributed by atoms with Gasteiger partial charge < -0.3 is 4.74 Å². The lowest BCUT2D eigenvalue weighted by Crippen LogP contribution is -2.19. The molecule has 0 bridgehead atoms. The Labute approximate surface area is 129 Å². The molecule has 0 aliphatic rings. The van der Waals surface area contributed by atoms with E-state index in [0.29, 0.717) is 11.1 Å². The largest absolute Gasteiger partial charge is 0.449 e. The maximum Gasteiger partial charge on any atom is 0.303 e. The molecule has 3 nitrogen and oxygen atoms in total. The van der Waals surface area contributed by atoms with Gasteiger partial charge in [0.15, 0.2) is 6.10 Å². The third-order valence-electron chi connectivity index (χ3n) is 2.80. The van der Waals surface area contributed by atoms with Crippen LogP contribution in [-0.4, -0.2) is 11.8 Å². The van der Waals surface area contributed by atoms with Gasteiger partial charge in [-0.1, -0.05) is 40.2 Å². The minimum absolute atomic E-state index is 0.304. The van der Waals surface area contributed by atoms with Gasteiger partial charge >= 0.3 is 5.97 Å². The smallest absolute Gasteiger partial charge is 0.303 e. The van der Waals surface area contributed by atoms with Crippen LogP contribution in [0.25, 0.3) is 0 Å². The molecule has 0 aliphatic heterocycles. The quantitative estimate of drug-likeness (QED) is 0.616. The van der Waals surface area contributed by atoms with Crippen molar-refractivity contribution in [2.45, 2.75) is 13.0 Å². The van der Waals surface area contributed by atoms with Crippen LogP contribution in [-0.2, 0) is 9.53 Å². The highest BCUT2D eigenvalue weighted by Crippen LogP contribution is 2.24. The van der Waals surface area contributed by atoms with E-state index in [2.05, 4.69) is 15.9 Å². The van der Waals surface area contributed by atoms with Crippen molar-refractivity contribution in [3.05, 3.63) is 69.9 Å². The molecular weight excluding hydrogens is 339 g/mol. The summed E-state index contributed by atoms with van der Waals surface area (Å²) in [6.45, 7) is 1.21. The Kier molecular flexibility index (Phi) is 4.85. The predicted octanol–water partition coefficient (Wildman–Crippen LogP) is 4.08. The Morgan fingerprint density at radius 1 is 1.14 bits per heavy atom. The van der Waals surface area contributed by atoms with Crippen LogP contribution in [0, 0.1) is 5.82 Å². The van der Waals surface area contributed by atoms with Gasteiger partial charge in [-0.15, -0.1) is 0 Å². The molecule has 0 aromatic heterocycles. The highest BCUT2D eigenvalue weighted by molar-refractivity contribution is 9.10. The summed E-state index contributed by atoms with van der Waals surface area (Å²) in [5.41, 5.74) is 0.687. The number of rotatable bonds is 4. The molecule has 0 saturated carbocycles. The SMILES string of the molecule is CC(=O)OC(C(=O)c1ccc(Br)cc1)c1cccc(F)c1. The lowest BCUT2D eigenvalue weighted by atomic mass is 9.99. The topological polar surface area (TPSA) is 43.4 Å². The molecule has 108 valence electrons. The van der Waals surface area contributed by atoms with Gasteiger partial charge in [0.2, 0.25) is 5.78 Å².